The quantitative estimate of drug-likeness (QED) is 0.503. The zero-order valence-corrected chi connectivity index (χ0v) is 19.4. The van der Waals surface area contributed by atoms with Gasteiger partial charge in [-0.3, -0.25) is 9.10 Å². The smallest absolute Gasteiger partial charge is 0.337 e. The Morgan fingerprint density at radius 3 is 2.48 bits per heavy atom. The number of carbonyl (C=O) groups excluding carboxylic acids is 1. The van der Waals surface area contributed by atoms with Gasteiger partial charge in [-0.15, -0.1) is 0 Å². The van der Waals surface area contributed by atoms with Crippen LogP contribution in [-0.2, 0) is 16.4 Å². The number of nitrogens with zero attached hydrogens (tertiary/aromatic N) is 1. The minimum atomic E-state index is -3.87. The van der Waals surface area contributed by atoms with Gasteiger partial charge < -0.3 is 10.4 Å². The number of carboxylic acids is 1. The SMILES string of the molecule is O=C(Nc1ccc(C(=O)O)c(Cl)c1)c1ccc2c(c1)N(S(=O)(=O)c1cccc(Cl)c1)CCC2. The summed E-state index contributed by atoms with van der Waals surface area (Å²) in [7, 11) is -3.87. The van der Waals surface area contributed by atoms with Crippen molar-refractivity contribution in [3.8, 4) is 0 Å². The first-order chi connectivity index (χ1) is 15.7. The summed E-state index contributed by atoms with van der Waals surface area (Å²) in [6.45, 7) is 0.277. The minimum absolute atomic E-state index is 0.00969. The topological polar surface area (TPSA) is 104 Å². The number of aromatic carboxylic acids is 1. The molecular weight excluding hydrogens is 487 g/mol. The average Bonchev–Trinajstić information content (AvgIpc) is 2.78. The molecule has 7 nitrogen and oxygen atoms in total. The molecule has 0 fully saturated rings. The number of amides is 1. The second-order valence-electron chi connectivity index (χ2n) is 7.44. The standard InChI is InChI=1S/C23H18Cl2N2O5S/c24-16-4-1-5-18(12-16)33(31,32)27-10-2-3-14-6-7-15(11-21(14)27)22(28)26-17-8-9-19(23(29)30)20(25)13-17/h1,4-9,11-13H,2-3,10H2,(H,26,28)(H,29,30). The van der Waals surface area contributed by atoms with E-state index >= 15 is 0 Å². The number of halogens is 2. The van der Waals surface area contributed by atoms with Crippen LogP contribution in [0.5, 0.6) is 0 Å². The van der Waals surface area contributed by atoms with E-state index in [0.29, 0.717) is 29.2 Å². The first-order valence-electron chi connectivity index (χ1n) is 9.92. The number of nitrogens with one attached hydrogen (secondary N) is 1. The number of benzene rings is 3. The summed E-state index contributed by atoms with van der Waals surface area (Å²) in [4.78, 5) is 24.0. The zero-order valence-electron chi connectivity index (χ0n) is 17.1. The van der Waals surface area contributed by atoms with Crippen LogP contribution in [0.3, 0.4) is 0 Å². The van der Waals surface area contributed by atoms with Crippen molar-refractivity contribution < 1.29 is 23.1 Å². The van der Waals surface area contributed by atoms with E-state index in [1.54, 1.807) is 30.3 Å². The third kappa shape index (κ3) is 4.68. The molecule has 0 unspecified atom stereocenters. The molecule has 0 radical (unpaired) electrons. The Hall–Kier alpha value is -3.07. The van der Waals surface area contributed by atoms with E-state index in [0.717, 1.165) is 5.56 Å². The predicted octanol–water partition coefficient (Wildman–Crippen LogP) is 5.09. The summed E-state index contributed by atoms with van der Waals surface area (Å²) in [5.74, 6) is -1.66. The minimum Gasteiger partial charge on any atom is -0.478 e. The van der Waals surface area contributed by atoms with Crippen LogP contribution in [0.4, 0.5) is 11.4 Å². The lowest BCUT2D eigenvalue weighted by Gasteiger charge is -2.31. The summed E-state index contributed by atoms with van der Waals surface area (Å²) < 4.78 is 27.9. The number of sulfonamides is 1. The molecular formula is C23H18Cl2N2O5S. The molecule has 0 saturated carbocycles. The Morgan fingerprint density at radius 2 is 1.79 bits per heavy atom. The van der Waals surface area contributed by atoms with Crippen LogP contribution in [0.25, 0.3) is 0 Å². The van der Waals surface area contributed by atoms with Crippen LogP contribution in [0.2, 0.25) is 10.0 Å². The van der Waals surface area contributed by atoms with Gasteiger partial charge in [-0.2, -0.15) is 0 Å². The molecule has 0 atom stereocenters. The van der Waals surface area contributed by atoms with E-state index in [1.807, 2.05) is 0 Å². The van der Waals surface area contributed by atoms with E-state index in [2.05, 4.69) is 5.32 Å². The summed E-state index contributed by atoms with van der Waals surface area (Å²) in [5.41, 5.74) is 1.74. The molecule has 170 valence electrons. The fourth-order valence-corrected chi connectivity index (χ4v) is 5.75. The van der Waals surface area contributed by atoms with E-state index in [4.69, 9.17) is 28.3 Å². The highest BCUT2D eigenvalue weighted by Gasteiger charge is 2.30. The Balaban J connectivity index is 1.65. The highest BCUT2D eigenvalue weighted by Crippen LogP contribution is 2.33. The average molecular weight is 505 g/mol. The van der Waals surface area contributed by atoms with Gasteiger partial charge in [0.25, 0.3) is 15.9 Å². The number of aryl methyl sites for hydroxylation is 1. The second-order valence-corrected chi connectivity index (χ2v) is 10.1. The van der Waals surface area contributed by atoms with Crippen LogP contribution in [0, 0.1) is 0 Å². The highest BCUT2D eigenvalue weighted by molar-refractivity contribution is 7.92. The fraction of sp³-hybridized carbons (Fsp3) is 0.130. The third-order valence-corrected chi connectivity index (χ3v) is 7.62. The van der Waals surface area contributed by atoms with Gasteiger partial charge >= 0.3 is 5.97 Å². The second kappa shape index (κ2) is 9.05. The van der Waals surface area contributed by atoms with Gasteiger partial charge in [0.15, 0.2) is 0 Å². The molecule has 0 saturated heterocycles. The third-order valence-electron chi connectivity index (χ3n) is 5.26. The van der Waals surface area contributed by atoms with Gasteiger partial charge in [0.1, 0.15) is 0 Å². The maximum absolute atomic E-state index is 13.3. The van der Waals surface area contributed by atoms with Crippen molar-refractivity contribution in [2.45, 2.75) is 17.7 Å². The molecule has 0 aromatic heterocycles. The van der Waals surface area contributed by atoms with Crippen molar-refractivity contribution in [3.05, 3.63) is 87.4 Å². The first kappa shape index (κ1) is 23.1. The molecule has 10 heteroatoms. The molecule has 3 aromatic rings. The number of hydrogen-bond donors (Lipinski definition) is 2. The highest BCUT2D eigenvalue weighted by atomic mass is 35.5. The largest absolute Gasteiger partial charge is 0.478 e. The Morgan fingerprint density at radius 1 is 1.00 bits per heavy atom. The summed E-state index contributed by atoms with van der Waals surface area (Å²) in [6.07, 6.45) is 1.33. The van der Waals surface area contributed by atoms with E-state index in [9.17, 15) is 18.0 Å². The van der Waals surface area contributed by atoms with Gasteiger partial charge in [0, 0.05) is 22.8 Å². The molecule has 1 amide bonds. The summed E-state index contributed by atoms with van der Waals surface area (Å²) in [5, 5.41) is 12.1. The van der Waals surface area contributed by atoms with Crippen molar-refractivity contribution in [1.82, 2.24) is 0 Å². The van der Waals surface area contributed by atoms with Crippen LogP contribution < -0.4 is 9.62 Å². The van der Waals surface area contributed by atoms with Crippen LogP contribution in [-0.4, -0.2) is 31.9 Å². The maximum Gasteiger partial charge on any atom is 0.337 e. The Labute approximate surface area is 200 Å². The van der Waals surface area contributed by atoms with Gasteiger partial charge in [-0.05, 0) is 66.9 Å². The fourth-order valence-electron chi connectivity index (χ4n) is 3.66. The summed E-state index contributed by atoms with van der Waals surface area (Å²) in [6, 6.07) is 15.0. The molecule has 2 N–H and O–H groups in total. The van der Waals surface area contributed by atoms with Crippen molar-refractivity contribution >= 4 is 56.5 Å². The molecule has 3 aromatic carbocycles. The van der Waals surface area contributed by atoms with Gasteiger partial charge in [-0.1, -0.05) is 35.3 Å². The van der Waals surface area contributed by atoms with E-state index in [1.165, 1.54) is 34.6 Å². The molecule has 4 rings (SSSR count). The molecule has 0 aliphatic carbocycles. The van der Waals surface area contributed by atoms with Crippen LogP contribution >= 0.6 is 23.2 Å². The number of carbonyl (C=O) groups is 2. The maximum atomic E-state index is 13.3. The van der Waals surface area contributed by atoms with E-state index < -0.39 is 21.9 Å². The molecule has 1 aliphatic heterocycles. The first-order valence-corrected chi connectivity index (χ1v) is 12.1. The van der Waals surface area contributed by atoms with Crippen molar-refractivity contribution in [1.29, 1.82) is 0 Å². The summed E-state index contributed by atoms with van der Waals surface area (Å²) >= 11 is 12.0. The lowest BCUT2D eigenvalue weighted by atomic mass is 10.0. The van der Waals surface area contributed by atoms with E-state index in [-0.39, 0.29) is 27.6 Å². The van der Waals surface area contributed by atoms with Gasteiger partial charge in [-0.25, -0.2) is 13.2 Å². The number of rotatable bonds is 5. The van der Waals surface area contributed by atoms with Crippen LogP contribution in [0.1, 0.15) is 32.7 Å². The van der Waals surface area contributed by atoms with Gasteiger partial charge in [0.05, 0.1) is 21.2 Å². The predicted molar refractivity (Wildman–Crippen MR) is 127 cm³/mol. The molecule has 33 heavy (non-hydrogen) atoms. The number of anilines is 2. The Bertz CT molecular complexity index is 1380. The molecule has 1 heterocycles. The van der Waals surface area contributed by atoms with Crippen LogP contribution in [0.15, 0.2) is 65.6 Å². The van der Waals surface area contributed by atoms with Crippen molar-refractivity contribution in [2.24, 2.45) is 0 Å². The van der Waals surface area contributed by atoms with Crippen molar-refractivity contribution in [2.75, 3.05) is 16.2 Å². The number of fused-ring (bicyclic) bond motifs is 1. The monoisotopic (exact) mass is 504 g/mol. The Kier molecular flexibility index (Phi) is 6.34. The molecule has 0 spiro atoms. The molecule has 1 aliphatic rings. The lowest BCUT2D eigenvalue weighted by molar-refractivity contribution is 0.0697. The van der Waals surface area contributed by atoms with Gasteiger partial charge in [0.2, 0.25) is 0 Å². The number of hydrogen-bond acceptors (Lipinski definition) is 4. The number of carboxylic acid groups (broad SMARTS) is 1. The molecule has 0 bridgehead atoms. The van der Waals surface area contributed by atoms with Crippen molar-refractivity contribution in [3.63, 3.8) is 0 Å². The lowest BCUT2D eigenvalue weighted by Crippen LogP contribution is -2.35. The normalized spacial score (nSPS) is 13.3. The zero-order chi connectivity index (χ0) is 23.8.